The highest BCUT2D eigenvalue weighted by molar-refractivity contribution is 7.12. The number of carbonyl (C=O) groups excluding carboxylic acids is 2. The van der Waals surface area contributed by atoms with E-state index in [1.54, 1.807) is 12.0 Å². The maximum atomic E-state index is 13.3. The van der Waals surface area contributed by atoms with E-state index in [-0.39, 0.29) is 30.4 Å². The largest absolute Gasteiger partial charge is 0.496 e. The smallest absolute Gasteiger partial charge is 0.263 e. The SMILES string of the molecule is COc1ccccc1[C@@H]1CN(C(=O)c2cccs2)C[C@H]1C(=O)NCc1ccc2c(c1)OCO2. The Balaban J connectivity index is 1.36. The number of nitrogens with one attached hydrogen (secondary N) is 1. The standard InChI is InChI=1S/C25H24N2O5S/c1-30-20-6-3-2-5-17(20)18-13-27(25(29)23-7-4-10-33-23)14-19(18)24(28)26-12-16-8-9-21-22(11-16)32-15-31-21/h2-11,18-19H,12-15H2,1H3,(H,26,28)/t18-,19+/m0/s1. The summed E-state index contributed by atoms with van der Waals surface area (Å²) in [5.74, 6) is 1.42. The maximum Gasteiger partial charge on any atom is 0.263 e. The van der Waals surface area contributed by atoms with Gasteiger partial charge in [0.25, 0.3) is 5.91 Å². The molecule has 7 nitrogen and oxygen atoms in total. The van der Waals surface area contributed by atoms with Crippen LogP contribution in [-0.4, -0.2) is 43.7 Å². The number of thiophene rings is 1. The van der Waals surface area contributed by atoms with E-state index < -0.39 is 0 Å². The van der Waals surface area contributed by atoms with Crippen molar-refractivity contribution in [1.29, 1.82) is 0 Å². The third-order valence-corrected chi connectivity index (χ3v) is 6.98. The van der Waals surface area contributed by atoms with Gasteiger partial charge < -0.3 is 24.4 Å². The van der Waals surface area contributed by atoms with Crippen molar-refractivity contribution >= 4 is 23.2 Å². The normalized spacial score (nSPS) is 18.9. The predicted octanol–water partition coefficient (Wildman–Crippen LogP) is 3.66. The van der Waals surface area contributed by atoms with Crippen LogP contribution in [0, 0.1) is 5.92 Å². The zero-order valence-electron chi connectivity index (χ0n) is 18.2. The Hall–Kier alpha value is -3.52. The van der Waals surface area contributed by atoms with Gasteiger partial charge in [0.05, 0.1) is 17.9 Å². The van der Waals surface area contributed by atoms with Crippen LogP contribution in [0.25, 0.3) is 0 Å². The van der Waals surface area contributed by atoms with Gasteiger partial charge in [-0.2, -0.15) is 0 Å². The van der Waals surface area contributed by atoms with Gasteiger partial charge in [0.15, 0.2) is 11.5 Å². The van der Waals surface area contributed by atoms with Crippen molar-refractivity contribution in [3.05, 3.63) is 76.0 Å². The number of fused-ring (bicyclic) bond motifs is 1. The van der Waals surface area contributed by atoms with Crippen LogP contribution >= 0.6 is 11.3 Å². The summed E-state index contributed by atoms with van der Waals surface area (Å²) < 4.78 is 16.3. The summed E-state index contributed by atoms with van der Waals surface area (Å²) in [7, 11) is 1.62. The fourth-order valence-electron chi connectivity index (χ4n) is 4.45. The minimum atomic E-state index is -0.390. The monoisotopic (exact) mass is 464 g/mol. The Morgan fingerprint density at radius 1 is 1.09 bits per heavy atom. The zero-order valence-corrected chi connectivity index (χ0v) is 19.0. The lowest BCUT2D eigenvalue weighted by Gasteiger charge is -2.20. The first-order valence-corrected chi connectivity index (χ1v) is 11.6. The van der Waals surface area contributed by atoms with Gasteiger partial charge in [0, 0.05) is 25.6 Å². The summed E-state index contributed by atoms with van der Waals surface area (Å²) in [5, 5.41) is 4.94. The average Bonchev–Trinajstić information content (AvgIpc) is 3.62. The topological polar surface area (TPSA) is 77.1 Å². The quantitative estimate of drug-likeness (QED) is 0.603. The number of hydrogen-bond donors (Lipinski definition) is 1. The molecule has 3 aromatic rings. The molecule has 8 heteroatoms. The number of amides is 2. The van der Waals surface area contributed by atoms with E-state index in [1.165, 1.54) is 11.3 Å². The Morgan fingerprint density at radius 3 is 2.76 bits per heavy atom. The number of nitrogens with zero attached hydrogens (tertiary/aromatic N) is 1. The van der Waals surface area contributed by atoms with Gasteiger partial charge in [-0.3, -0.25) is 9.59 Å². The van der Waals surface area contributed by atoms with Crippen LogP contribution in [0.4, 0.5) is 0 Å². The summed E-state index contributed by atoms with van der Waals surface area (Å²) in [6.07, 6.45) is 0. The summed E-state index contributed by atoms with van der Waals surface area (Å²) in [6.45, 7) is 1.39. The molecule has 2 atom stereocenters. The van der Waals surface area contributed by atoms with E-state index in [0.717, 1.165) is 16.9 Å². The van der Waals surface area contributed by atoms with Gasteiger partial charge in [-0.1, -0.05) is 30.3 Å². The number of benzene rings is 2. The minimum absolute atomic E-state index is 0.0454. The van der Waals surface area contributed by atoms with Crippen LogP contribution < -0.4 is 19.5 Å². The van der Waals surface area contributed by atoms with Crippen molar-refractivity contribution < 1.29 is 23.8 Å². The molecular formula is C25H24N2O5S. The van der Waals surface area contributed by atoms with Crippen molar-refractivity contribution in [3.63, 3.8) is 0 Å². The summed E-state index contributed by atoms with van der Waals surface area (Å²) in [6, 6.07) is 17.0. The van der Waals surface area contributed by atoms with Crippen molar-refractivity contribution in [3.8, 4) is 17.2 Å². The second-order valence-corrected chi connectivity index (χ2v) is 9.00. The second-order valence-electron chi connectivity index (χ2n) is 8.05. The number of rotatable bonds is 6. The number of methoxy groups -OCH3 is 1. The van der Waals surface area contributed by atoms with E-state index in [9.17, 15) is 9.59 Å². The van der Waals surface area contributed by atoms with Crippen LogP contribution in [0.2, 0.25) is 0 Å². The number of para-hydroxylation sites is 1. The van der Waals surface area contributed by atoms with Crippen molar-refractivity contribution in [1.82, 2.24) is 10.2 Å². The van der Waals surface area contributed by atoms with Crippen LogP contribution in [0.15, 0.2) is 60.0 Å². The Morgan fingerprint density at radius 2 is 1.94 bits per heavy atom. The van der Waals surface area contributed by atoms with Crippen LogP contribution in [0.3, 0.4) is 0 Å². The number of hydrogen-bond acceptors (Lipinski definition) is 6. The van der Waals surface area contributed by atoms with Crippen LogP contribution in [0.5, 0.6) is 17.2 Å². The van der Waals surface area contributed by atoms with E-state index in [4.69, 9.17) is 14.2 Å². The van der Waals surface area contributed by atoms with E-state index >= 15 is 0 Å². The third kappa shape index (κ3) is 4.26. The Labute approximate surface area is 195 Å². The molecule has 0 bridgehead atoms. The number of carbonyl (C=O) groups is 2. The van der Waals surface area contributed by atoms with Crippen LogP contribution in [0.1, 0.15) is 26.7 Å². The van der Waals surface area contributed by atoms with E-state index in [0.29, 0.717) is 36.0 Å². The molecule has 0 aliphatic carbocycles. The summed E-state index contributed by atoms with van der Waals surface area (Å²) in [5.41, 5.74) is 1.86. The predicted molar refractivity (Wildman–Crippen MR) is 124 cm³/mol. The highest BCUT2D eigenvalue weighted by Gasteiger charge is 2.41. The zero-order chi connectivity index (χ0) is 22.8. The molecular weight excluding hydrogens is 440 g/mol. The summed E-state index contributed by atoms with van der Waals surface area (Å²) >= 11 is 1.41. The molecule has 1 N–H and O–H groups in total. The molecule has 2 aromatic carbocycles. The molecule has 1 fully saturated rings. The fourth-order valence-corrected chi connectivity index (χ4v) is 5.14. The lowest BCUT2D eigenvalue weighted by molar-refractivity contribution is -0.125. The van der Waals surface area contributed by atoms with Crippen LogP contribution in [-0.2, 0) is 11.3 Å². The lowest BCUT2D eigenvalue weighted by atomic mass is 9.87. The third-order valence-electron chi connectivity index (χ3n) is 6.12. The average molecular weight is 465 g/mol. The molecule has 2 amide bonds. The molecule has 2 aliphatic rings. The highest BCUT2D eigenvalue weighted by atomic mass is 32.1. The molecule has 0 saturated carbocycles. The first kappa shape index (κ1) is 21.3. The van der Waals surface area contributed by atoms with Gasteiger partial charge >= 0.3 is 0 Å². The summed E-state index contributed by atoms with van der Waals surface area (Å²) in [4.78, 5) is 28.8. The van der Waals surface area contributed by atoms with Gasteiger partial charge in [0.1, 0.15) is 5.75 Å². The second kappa shape index (κ2) is 9.15. The molecule has 1 aromatic heterocycles. The molecule has 5 rings (SSSR count). The van der Waals surface area contributed by atoms with Gasteiger partial charge in [-0.15, -0.1) is 11.3 Å². The Kier molecular flexibility index (Phi) is 5.92. The van der Waals surface area contributed by atoms with Gasteiger partial charge in [-0.25, -0.2) is 0 Å². The molecule has 1 saturated heterocycles. The van der Waals surface area contributed by atoms with Gasteiger partial charge in [0.2, 0.25) is 12.7 Å². The van der Waals surface area contributed by atoms with Crippen molar-refractivity contribution in [2.75, 3.05) is 27.0 Å². The fraction of sp³-hybridized carbons (Fsp3) is 0.280. The van der Waals surface area contributed by atoms with Crippen molar-refractivity contribution in [2.24, 2.45) is 5.92 Å². The molecule has 170 valence electrons. The number of ether oxygens (including phenoxy) is 3. The van der Waals surface area contributed by atoms with Gasteiger partial charge in [-0.05, 0) is 40.8 Å². The molecule has 33 heavy (non-hydrogen) atoms. The van der Waals surface area contributed by atoms with E-state index in [1.807, 2.05) is 60.0 Å². The molecule has 3 heterocycles. The highest BCUT2D eigenvalue weighted by Crippen LogP contribution is 2.38. The first-order chi connectivity index (χ1) is 16.1. The molecule has 0 radical (unpaired) electrons. The molecule has 0 spiro atoms. The minimum Gasteiger partial charge on any atom is -0.496 e. The lowest BCUT2D eigenvalue weighted by Crippen LogP contribution is -2.35. The maximum absolute atomic E-state index is 13.3. The first-order valence-electron chi connectivity index (χ1n) is 10.8. The Bertz CT molecular complexity index is 1160. The molecule has 2 aliphatic heterocycles. The van der Waals surface area contributed by atoms with E-state index in [2.05, 4.69) is 5.32 Å². The number of likely N-dealkylation sites (tertiary alicyclic amines) is 1. The van der Waals surface area contributed by atoms with Crippen molar-refractivity contribution in [2.45, 2.75) is 12.5 Å². The molecule has 0 unspecified atom stereocenters.